The van der Waals surface area contributed by atoms with Crippen LogP contribution in [0.4, 0.5) is 10.2 Å². The Balaban J connectivity index is 2.52. The zero-order valence-electron chi connectivity index (χ0n) is 10.3. The van der Waals surface area contributed by atoms with Gasteiger partial charge in [0.05, 0.1) is 10.2 Å². The van der Waals surface area contributed by atoms with Gasteiger partial charge in [-0.05, 0) is 40.5 Å². The molecule has 1 aromatic heterocycles. The van der Waals surface area contributed by atoms with Gasteiger partial charge in [0.15, 0.2) is 17.4 Å². The van der Waals surface area contributed by atoms with Crippen LogP contribution >= 0.6 is 15.9 Å². The van der Waals surface area contributed by atoms with Crippen LogP contribution in [0.1, 0.15) is 19.0 Å². The van der Waals surface area contributed by atoms with E-state index in [2.05, 4.69) is 25.9 Å². The molecule has 0 bridgehead atoms. The number of hydrogen-bond donors (Lipinski definition) is 2. The maximum atomic E-state index is 13.3. The lowest BCUT2D eigenvalue weighted by molar-refractivity contribution is 0.432. The van der Waals surface area contributed by atoms with Crippen molar-refractivity contribution < 1.29 is 9.50 Å². The topological polar surface area (TPSA) is 72.0 Å². The van der Waals surface area contributed by atoms with Crippen molar-refractivity contribution in [1.29, 1.82) is 0 Å². The Morgan fingerprint density at radius 1 is 1.37 bits per heavy atom. The van der Waals surface area contributed by atoms with Crippen LogP contribution in [-0.2, 0) is 6.42 Å². The molecule has 4 nitrogen and oxygen atoms in total. The second-order valence-electron chi connectivity index (χ2n) is 4.11. The van der Waals surface area contributed by atoms with Gasteiger partial charge in [-0.1, -0.05) is 13.3 Å². The average Bonchev–Trinajstić information content (AvgIpc) is 2.38. The molecule has 0 saturated heterocycles. The summed E-state index contributed by atoms with van der Waals surface area (Å²) < 4.78 is 14.0. The number of nitrogen functional groups attached to an aromatic ring is 1. The standard InChI is InChI=1S/C13H13BrFN3O/c1-2-3-9-11(14)12(16)18-13(17-9)7-4-5-10(19)8(15)6-7/h4-6,19H,2-3H2,1H3,(H2,16,17,18). The van der Waals surface area contributed by atoms with E-state index in [9.17, 15) is 9.50 Å². The molecule has 100 valence electrons. The number of anilines is 1. The van der Waals surface area contributed by atoms with Gasteiger partial charge in [-0.2, -0.15) is 0 Å². The first-order chi connectivity index (χ1) is 9.02. The molecule has 0 aliphatic heterocycles. The third-order valence-corrected chi connectivity index (χ3v) is 3.50. The number of nitrogens with zero attached hydrogens (tertiary/aromatic N) is 2. The number of aryl methyl sites for hydroxylation is 1. The SMILES string of the molecule is CCCc1nc(-c2ccc(O)c(F)c2)nc(N)c1Br. The highest BCUT2D eigenvalue weighted by atomic mass is 79.9. The highest BCUT2D eigenvalue weighted by Gasteiger charge is 2.12. The summed E-state index contributed by atoms with van der Waals surface area (Å²) in [6.07, 6.45) is 1.67. The Labute approximate surface area is 118 Å². The van der Waals surface area contributed by atoms with Crippen LogP contribution in [-0.4, -0.2) is 15.1 Å². The van der Waals surface area contributed by atoms with E-state index in [1.165, 1.54) is 12.1 Å². The van der Waals surface area contributed by atoms with Gasteiger partial charge in [-0.3, -0.25) is 0 Å². The summed E-state index contributed by atoms with van der Waals surface area (Å²) in [6.45, 7) is 2.03. The monoisotopic (exact) mass is 325 g/mol. The zero-order chi connectivity index (χ0) is 14.0. The lowest BCUT2D eigenvalue weighted by Gasteiger charge is -2.08. The molecule has 0 spiro atoms. The fraction of sp³-hybridized carbons (Fsp3) is 0.231. The molecule has 0 amide bonds. The molecule has 3 N–H and O–H groups in total. The molecule has 0 aliphatic rings. The van der Waals surface area contributed by atoms with Crippen LogP contribution in [0.15, 0.2) is 22.7 Å². The Bertz CT molecular complexity index is 619. The van der Waals surface area contributed by atoms with Crippen molar-refractivity contribution in [3.8, 4) is 17.1 Å². The van der Waals surface area contributed by atoms with E-state index in [1.807, 2.05) is 6.92 Å². The van der Waals surface area contributed by atoms with Crippen molar-refractivity contribution in [2.45, 2.75) is 19.8 Å². The fourth-order valence-corrected chi connectivity index (χ4v) is 2.07. The van der Waals surface area contributed by atoms with Crippen LogP contribution in [0.25, 0.3) is 11.4 Å². The normalized spacial score (nSPS) is 10.7. The molecule has 0 saturated carbocycles. The summed E-state index contributed by atoms with van der Waals surface area (Å²) in [5.41, 5.74) is 7.08. The summed E-state index contributed by atoms with van der Waals surface area (Å²) in [5.74, 6) is -0.438. The van der Waals surface area contributed by atoms with Crippen LogP contribution in [0.5, 0.6) is 5.75 Å². The average molecular weight is 326 g/mol. The van der Waals surface area contributed by atoms with Crippen LogP contribution in [0, 0.1) is 5.82 Å². The summed E-state index contributed by atoms with van der Waals surface area (Å²) in [7, 11) is 0. The van der Waals surface area contributed by atoms with Gasteiger partial charge in [-0.15, -0.1) is 0 Å². The predicted molar refractivity (Wildman–Crippen MR) is 75.2 cm³/mol. The van der Waals surface area contributed by atoms with E-state index < -0.39 is 11.6 Å². The van der Waals surface area contributed by atoms with E-state index >= 15 is 0 Å². The van der Waals surface area contributed by atoms with Crippen molar-refractivity contribution in [2.75, 3.05) is 5.73 Å². The summed E-state index contributed by atoms with van der Waals surface area (Å²) in [5, 5.41) is 9.18. The van der Waals surface area contributed by atoms with E-state index in [0.29, 0.717) is 21.7 Å². The molecule has 2 rings (SSSR count). The molecule has 0 fully saturated rings. The van der Waals surface area contributed by atoms with Crippen molar-refractivity contribution in [3.63, 3.8) is 0 Å². The van der Waals surface area contributed by atoms with Gasteiger partial charge in [0.25, 0.3) is 0 Å². The minimum absolute atomic E-state index is 0.321. The minimum atomic E-state index is -0.709. The van der Waals surface area contributed by atoms with Crippen molar-refractivity contribution in [3.05, 3.63) is 34.2 Å². The number of benzene rings is 1. The third-order valence-electron chi connectivity index (χ3n) is 2.64. The number of phenolic OH excluding ortho intramolecular Hbond substituents is 1. The molecule has 6 heteroatoms. The first-order valence-corrected chi connectivity index (χ1v) is 6.63. The predicted octanol–water partition coefficient (Wildman–Crippen LogP) is 3.29. The van der Waals surface area contributed by atoms with Crippen molar-refractivity contribution >= 4 is 21.7 Å². The number of aromatic hydroxyl groups is 1. The van der Waals surface area contributed by atoms with Crippen LogP contribution in [0.2, 0.25) is 0 Å². The maximum absolute atomic E-state index is 13.3. The first kappa shape index (κ1) is 13.7. The molecular formula is C13H13BrFN3O. The van der Waals surface area contributed by atoms with Crippen LogP contribution < -0.4 is 5.73 Å². The molecule has 0 atom stereocenters. The van der Waals surface area contributed by atoms with Crippen molar-refractivity contribution in [2.24, 2.45) is 0 Å². The molecule has 0 radical (unpaired) electrons. The highest BCUT2D eigenvalue weighted by molar-refractivity contribution is 9.10. The van der Waals surface area contributed by atoms with Gasteiger partial charge in [0, 0.05) is 5.56 Å². The van der Waals surface area contributed by atoms with Crippen molar-refractivity contribution in [1.82, 2.24) is 9.97 Å². The summed E-state index contributed by atoms with van der Waals surface area (Å²) >= 11 is 3.35. The molecule has 2 aromatic rings. The summed E-state index contributed by atoms with van der Waals surface area (Å²) in [6, 6.07) is 4.01. The van der Waals surface area contributed by atoms with Gasteiger partial charge >= 0.3 is 0 Å². The molecule has 1 aromatic carbocycles. The Kier molecular flexibility index (Phi) is 3.99. The van der Waals surface area contributed by atoms with Gasteiger partial charge < -0.3 is 10.8 Å². The minimum Gasteiger partial charge on any atom is -0.505 e. The van der Waals surface area contributed by atoms with E-state index in [-0.39, 0.29) is 0 Å². The molecular weight excluding hydrogens is 313 g/mol. The molecule has 19 heavy (non-hydrogen) atoms. The summed E-state index contributed by atoms with van der Waals surface area (Å²) in [4.78, 5) is 8.51. The second-order valence-corrected chi connectivity index (χ2v) is 4.90. The van der Waals surface area contributed by atoms with Crippen LogP contribution in [0.3, 0.4) is 0 Å². The number of rotatable bonds is 3. The molecule has 0 unspecified atom stereocenters. The number of aromatic nitrogens is 2. The van der Waals surface area contributed by atoms with E-state index in [0.717, 1.165) is 18.5 Å². The Hall–Kier alpha value is -1.69. The lowest BCUT2D eigenvalue weighted by Crippen LogP contribution is -2.03. The maximum Gasteiger partial charge on any atom is 0.165 e. The number of halogens is 2. The number of phenols is 1. The largest absolute Gasteiger partial charge is 0.505 e. The van der Waals surface area contributed by atoms with E-state index in [4.69, 9.17) is 5.73 Å². The zero-order valence-corrected chi connectivity index (χ0v) is 11.9. The molecule has 0 aliphatic carbocycles. The highest BCUT2D eigenvalue weighted by Crippen LogP contribution is 2.27. The Morgan fingerprint density at radius 3 is 2.74 bits per heavy atom. The quantitative estimate of drug-likeness (QED) is 0.908. The number of nitrogens with two attached hydrogens (primary N) is 1. The molecule has 1 heterocycles. The number of hydrogen-bond acceptors (Lipinski definition) is 4. The first-order valence-electron chi connectivity index (χ1n) is 5.83. The lowest BCUT2D eigenvalue weighted by atomic mass is 10.1. The van der Waals surface area contributed by atoms with Gasteiger partial charge in [-0.25, -0.2) is 14.4 Å². The van der Waals surface area contributed by atoms with E-state index in [1.54, 1.807) is 6.07 Å². The van der Waals surface area contributed by atoms with Gasteiger partial charge in [0.1, 0.15) is 5.82 Å². The fourth-order valence-electron chi connectivity index (χ4n) is 1.69. The third kappa shape index (κ3) is 2.84. The van der Waals surface area contributed by atoms with Gasteiger partial charge in [0.2, 0.25) is 0 Å². The smallest absolute Gasteiger partial charge is 0.165 e. The second kappa shape index (κ2) is 5.52. The Morgan fingerprint density at radius 2 is 2.11 bits per heavy atom.